The van der Waals surface area contributed by atoms with Crippen LogP contribution in [0.1, 0.15) is 28.2 Å². The molecule has 1 aliphatic heterocycles. The lowest BCUT2D eigenvalue weighted by atomic mass is 10.1. The van der Waals surface area contributed by atoms with Crippen molar-refractivity contribution in [1.29, 1.82) is 0 Å². The van der Waals surface area contributed by atoms with Gasteiger partial charge in [-0.25, -0.2) is 4.98 Å². The predicted octanol–water partition coefficient (Wildman–Crippen LogP) is 2.01. The third-order valence-electron chi connectivity index (χ3n) is 4.12. The highest BCUT2D eigenvalue weighted by Gasteiger charge is 2.30. The Morgan fingerprint density at radius 1 is 1.36 bits per heavy atom. The number of halogens is 1. The van der Waals surface area contributed by atoms with Crippen molar-refractivity contribution in [2.45, 2.75) is 25.8 Å². The number of amides is 2. The second kappa shape index (κ2) is 7.61. The number of aromatic nitrogens is 2. The number of hydrogen-bond acceptors (Lipinski definition) is 4. The quantitative estimate of drug-likeness (QED) is 0.887. The molecule has 7 heteroatoms. The van der Waals surface area contributed by atoms with Gasteiger partial charge in [0.15, 0.2) is 0 Å². The molecular weight excluding hydrogens is 340 g/mol. The van der Waals surface area contributed by atoms with Gasteiger partial charge in [-0.2, -0.15) is 0 Å². The molecule has 1 aliphatic rings. The van der Waals surface area contributed by atoms with Gasteiger partial charge in [0.2, 0.25) is 5.91 Å². The van der Waals surface area contributed by atoms with Crippen LogP contribution in [0.2, 0.25) is 5.02 Å². The van der Waals surface area contributed by atoms with Crippen molar-refractivity contribution in [3.63, 3.8) is 0 Å². The largest absolute Gasteiger partial charge is 0.346 e. The molecule has 1 aromatic heterocycles. The number of rotatable bonds is 5. The molecule has 0 unspecified atom stereocenters. The maximum absolute atomic E-state index is 12.2. The maximum atomic E-state index is 12.2. The second-order valence-corrected chi connectivity index (χ2v) is 6.57. The maximum Gasteiger partial charge on any atom is 0.271 e. The third kappa shape index (κ3) is 4.54. The van der Waals surface area contributed by atoms with E-state index in [1.54, 1.807) is 11.1 Å². The molecule has 6 nitrogen and oxygen atoms in total. The lowest BCUT2D eigenvalue weighted by Crippen LogP contribution is -2.38. The van der Waals surface area contributed by atoms with Crippen molar-refractivity contribution >= 4 is 23.4 Å². The zero-order valence-electron chi connectivity index (χ0n) is 13.9. The van der Waals surface area contributed by atoms with Crippen LogP contribution < -0.4 is 5.32 Å². The summed E-state index contributed by atoms with van der Waals surface area (Å²) < 4.78 is 0. The number of nitrogens with zero attached hydrogens (tertiary/aromatic N) is 3. The van der Waals surface area contributed by atoms with Crippen LogP contribution in [0, 0.1) is 6.92 Å². The van der Waals surface area contributed by atoms with Gasteiger partial charge in [-0.05, 0) is 31.0 Å². The van der Waals surface area contributed by atoms with Crippen LogP contribution in [0.25, 0.3) is 0 Å². The lowest BCUT2D eigenvalue weighted by molar-refractivity contribution is -0.127. The van der Waals surface area contributed by atoms with Gasteiger partial charge in [0.05, 0.1) is 17.9 Å². The number of carbonyl (C=O) groups is 2. The summed E-state index contributed by atoms with van der Waals surface area (Å²) in [5.41, 5.74) is 2.10. The van der Waals surface area contributed by atoms with Crippen molar-refractivity contribution in [3.05, 3.63) is 58.6 Å². The number of hydrogen-bond donors (Lipinski definition) is 1. The molecule has 0 aliphatic carbocycles. The zero-order chi connectivity index (χ0) is 17.8. The minimum Gasteiger partial charge on any atom is -0.346 e. The summed E-state index contributed by atoms with van der Waals surface area (Å²) in [6.45, 7) is 2.92. The molecule has 1 N–H and O–H groups in total. The van der Waals surface area contributed by atoms with Gasteiger partial charge in [0.25, 0.3) is 5.91 Å². The molecule has 0 saturated carbocycles. The Morgan fingerprint density at radius 2 is 2.20 bits per heavy atom. The highest BCUT2D eigenvalue weighted by atomic mass is 35.5. The summed E-state index contributed by atoms with van der Waals surface area (Å²) in [6, 6.07) is 7.40. The van der Waals surface area contributed by atoms with Crippen LogP contribution in [0.15, 0.2) is 36.7 Å². The number of aryl methyl sites for hydroxylation is 1. The van der Waals surface area contributed by atoms with E-state index >= 15 is 0 Å². The summed E-state index contributed by atoms with van der Waals surface area (Å²) in [6.07, 6.45) is 4.03. The molecule has 2 aromatic rings. The van der Waals surface area contributed by atoms with Crippen LogP contribution in [0.3, 0.4) is 0 Å². The van der Waals surface area contributed by atoms with E-state index in [1.165, 1.54) is 6.20 Å². The predicted molar refractivity (Wildman–Crippen MR) is 94.4 cm³/mol. The van der Waals surface area contributed by atoms with Crippen LogP contribution in [0.5, 0.6) is 0 Å². The van der Waals surface area contributed by atoms with Crippen LogP contribution in [0.4, 0.5) is 0 Å². The van der Waals surface area contributed by atoms with Crippen molar-refractivity contribution in [2.24, 2.45) is 0 Å². The Bertz CT molecular complexity index is 779. The summed E-state index contributed by atoms with van der Waals surface area (Å²) >= 11 is 5.98. The average molecular weight is 359 g/mol. The van der Waals surface area contributed by atoms with E-state index in [4.69, 9.17) is 11.6 Å². The molecule has 1 fully saturated rings. The smallest absolute Gasteiger partial charge is 0.271 e. The first kappa shape index (κ1) is 17.4. The van der Waals surface area contributed by atoms with Gasteiger partial charge in [-0.1, -0.05) is 23.7 Å². The third-order valence-corrected chi connectivity index (χ3v) is 4.36. The highest BCUT2D eigenvalue weighted by Crippen LogP contribution is 2.15. The van der Waals surface area contributed by atoms with Crippen LogP contribution >= 0.6 is 11.6 Å². The van der Waals surface area contributed by atoms with Crippen LogP contribution in [-0.2, 0) is 11.2 Å². The number of likely N-dealkylation sites (tertiary alicyclic amines) is 1. The Hall–Kier alpha value is -2.47. The number of carbonyl (C=O) groups excluding carboxylic acids is 2. The van der Waals surface area contributed by atoms with Crippen molar-refractivity contribution in [1.82, 2.24) is 20.2 Å². The normalized spacial score (nSPS) is 17.0. The minimum absolute atomic E-state index is 0.0438. The van der Waals surface area contributed by atoms with Crippen molar-refractivity contribution in [2.75, 3.05) is 13.1 Å². The fourth-order valence-corrected chi connectivity index (χ4v) is 3.02. The molecular formula is C18H19ClN4O2. The average Bonchev–Trinajstić information content (AvgIpc) is 2.93. The van der Waals surface area contributed by atoms with E-state index in [0.29, 0.717) is 24.5 Å². The SMILES string of the molecule is Cc1cnc(C(=O)N[C@H]2CC(=O)N(CCc3cccc(Cl)c3)C2)cn1. The molecule has 2 amide bonds. The Balaban J connectivity index is 1.53. The Morgan fingerprint density at radius 3 is 2.92 bits per heavy atom. The molecule has 130 valence electrons. The van der Waals surface area contributed by atoms with E-state index in [9.17, 15) is 9.59 Å². The number of benzene rings is 1. The van der Waals surface area contributed by atoms with E-state index in [2.05, 4.69) is 15.3 Å². The fraction of sp³-hybridized carbons (Fsp3) is 0.333. The summed E-state index contributed by atoms with van der Waals surface area (Å²) in [5.74, 6) is -0.260. The highest BCUT2D eigenvalue weighted by molar-refractivity contribution is 6.30. The molecule has 1 atom stereocenters. The molecule has 1 saturated heterocycles. The zero-order valence-corrected chi connectivity index (χ0v) is 14.7. The Labute approximate surface area is 151 Å². The van der Waals surface area contributed by atoms with Gasteiger partial charge < -0.3 is 10.2 Å². The van der Waals surface area contributed by atoms with E-state index in [-0.39, 0.29) is 23.6 Å². The van der Waals surface area contributed by atoms with Crippen molar-refractivity contribution < 1.29 is 9.59 Å². The second-order valence-electron chi connectivity index (χ2n) is 6.14. The summed E-state index contributed by atoms with van der Waals surface area (Å²) in [5, 5.41) is 3.55. The molecule has 0 bridgehead atoms. The molecule has 1 aromatic carbocycles. The van der Waals surface area contributed by atoms with Gasteiger partial charge in [0, 0.05) is 30.7 Å². The minimum atomic E-state index is -0.304. The molecule has 0 spiro atoms. The first-order chi connectivity index (χ1) is 12.0. The first-order valence-corrected chi connectivity index (χ1v) is 8.51. The monoisotopic (exact) mass is 358 g/mol. The van der Waals surface area contributed by atoms with E-state index < -0.39 is 0 Å². The summed E-state index contributed by atoms with van der Waals surface area (Å²) in [7, 11) is 0. The van der Waals surface area contributed by atoms with Gasteiger partial charge in [-0.3, -0.25) is 14.6 Å². The van der Waals surface area contributed by atoms with Crippen LogP contribution in [-0.4, -0.2) is 45.8 Å². The first-order valence-electron chi connectivity index (χ1n) is 8.13. The molecule has 0 radical (unpaired) electrons. The van der Waals surface area contributed by atoms with Gasteiger partial charge >= 0.3 is 0 Å². The van der Waals surface area contributed by atoms with Gasteiger partial charge in [-0.15, -0.1) is 0 Å². The summed E-state index contributed by atoms with van der Waals surface area (Å²) in [4.78, 5) is 34.2. The molecule has 25 heavy (non-hydrogen) atoms. The fourth-order valence-electron chi connectivity index (χ4n) is 2.81. The standard InChI is InChI=1S/C18H19ClN4O2/c1-12-9-21-16(10-20-12)18(25)22-15-8-17(24)23(11-15)6-5-13-3-2-4-14(19)7-13/h2-4,7,9-10,15H,5-6,8,11H2,1H3,(H,22,25)/t15-/m0/s1. The molecule has 2 heterocycles. The van der Waals surface area contributed by atoms with E-state index in [1.807, 2.05) is 31.2 Å². The number of nitrogens with one attached hydrogen (secondary N) is 1. The topological polar surface area (TPSA) is 75.2 Å². The lowest BCUT2D eigenvalue weighted by Gasteiger charge is -2.17. The van der Waals surface area contributed by atoms with E-state index in [0.717, 1.165) is 17.7 Å². The van der Waals surface area contributed by atoms with Crippen molar-refractivity contribution in [3.8, 4) is 0 Å². The molecule has 3 rings (SSSR count). The van der Waals surface area contributed by atoms with Gasteiger partial charge in [0.1, 0.15) is 5.69 Å². The Kier molecular flexibility index (Phi) is 5.28.